The number of aliphatic hydroxyl groups excluding tert-OH is 1. The molecule has 0 saturated carbocycles. The van der Waals surface area contributed by atoms with Crippen LogP contribution in [0.4, 0.5) is 0 Å². The number of aromatic amines is 1. The number of halogens is 1. The van der Waals surface area contributed by atoms with E-state index in [0.29, 0.717) is 27.4 Å². The molecule has 1 atom stereocenters. The summed E-state index contributed by atoms with van der Waals surface area (Å²) in [5, 5.41) is 10.7. The molecule has 0 saturated heterocycles. The Labute approximate surface area is 141 Å². The van der Waals surface area contributed by atoms with E-state index >= 15 is 0 Å². The van der Waals surface area contributed by atoms with Gasteiger partial charge in [-0.05, 0) is 35.9 Å². The molecular formula is C17H13ClN2O4. The predicted octanol–water partition coefficient (Wildman–Crippen LogP) is 2.50. The number of carbonyl (C=O) groups is 1. The number of H-pyrrole nitrogens is 1. The van der Waals surface area contributed by atoms with Gasteiger partial charge in [-0.15, -0.1) is 0 Å². The Balaban J connectivity index is 1.99. The molecule has 1 aromatic heterocycles. The maximum atomic E-state index is 12.4. The molecule has 0 fully saturated rings. The van der Waals surface area contributed by atoms with Crippen LogP contribution in [0.5, 0.6) is 5.75 Å². The van der Waals surface area contributed by atoms with Crippen molar-refractivity contribution in [1.29, 1.82) is 0 Å². The van der Waals surface area contributed by atoms with Crippen molar-refractivity contribution in [2.75, 3.05) is 7.11 Å². The van der Waals surface area contributed by atoms with E-state index in [1.807, 2.05) is 0 Å². The average molecular weight is 345 g/mol. The summed E-state index contributed by atoms with van der Waals surface area (Å²) in [4.78, 5) is 31.2. The number of nitrogens with zero attached hydrogens (tertiary/aromatic N) is 1. The van der Waals surface area contributed by atoms with E-state index in [4.69, 9.17) is 16.3 Å². The average Bonchev–Trinajstić information content (AvgIpc) is 2.60. The third kappa shape index (κ3) is 3.02. The van der Waals surface area contributed by atoms with Gasteiger partial charge in [-0.3, -0.25) is 9.59 Å². The van der Waals surface area contributed by atoms with Gasteiger partial charge in [0.25, 0.3) is 5.56 Å². The number of nitrogens with one attached hydrogen (secondary N) is 1. The number of hydrogen-bond donors (Lipinski definition) is 2. The summed E-state index contributed by atoms with van der Waals surface area (Å²) in [7, 11) is 1.52. The Morgan fingerprint density at radius 1 is 1.25 bits per heavy atom. The zero-order chi connectivity index (χ0) is 17.3. The van der Waals surface area contributed by atoms with Crippen molar-refractivity contribution in [1.82, 2.24) is 9.97 Å². The minimum Gasteiger partial charge on any atom is -0.497 e. The molecule has 0 radical (unpaired) electrons. The number of aliphatic hydroxyl groups is 1. The number of fused-ring (bicyclic) bond motifs is 1. The second kappa shape index (κ2) is 6.43. The van der Waals surface area contributed by atoms with Crippen LogP contribution >= 0.6 is 11.6 Å². The van der Waals surface area contributed by atoms with Crippen LogP contribution in [0, 0.1) is 0 Å². The zero-order valence-electron chi connectivity index (χ0n) is 12.6. The molecule has 0 spiro atoms. The first kappa shape index (κ1) is 16.2. The fraction of sp³-hybridized carbons (Fsp3) is 0.118. The molecule has 0 amide bonds. The van der Waals surface area contributed by atoms with Crippen molar-refractivity contribution in [3.05, 3.63) is 69.1 Å². The van der Waals surface area contributed by atoms with Crippen LogP contribution in [0.15, 0.2) is 47.3 Å². The second-order valence-electron chi connectivity index (χ2n) is 5.12. The van der Waals surface area contributed by atoms with Crippen molar-refractivity contribution in [3.8, 4) is 5.75 Å². The molecule has 3 rings (SSSR count). The van der Waals surface area contributed by atoms with Gasteiger partial charge in [0.15, 0.2) is 5.69 Å². The normalized spacial score (nSPS) is 12.1. The SMILES string of the molecule is COc1ccc([C@H](O)C(=O)c2nc3ccc(Cl)cc3[nH]c2=O)cc1. The van der Waals surface area contributed by atoms with Gasteiger partial charge in [0.05, 0.1) is 18.1 Å². The lowest BCUT2D eigenvalue weighted by atomic mass is 10.0. The highest BCUT2D eigenvalue weighted by atomic mass is 35.5. The zero-order valence-corrected chi connectivity index (χ0v) is 13.4. The lowest BCUT2D eigenvalue weighted by Crippen LogP contribution is -2.24. The van der Waals surface area contributed by atoms with Crippen LogP contribution in [0.3, 0.4) is 0 Å². The van der Waals surface area contributed by atoms with Crippen LogP contribution in [0.1, 0.15) is 22.2 Å². The van der Waals surface area contributed by atoms with Crippen molar-refractivity contribution >= 4 is 28.4 Å². The highest BCUT2D eigenvalue weighted by Gasteiger charge is 2.24. The predicted molar refractivity (Wildman–Crippen MR) is 89.7 cm³/mol. The summed E-state index contributed by atoms with van der Waals surface area (Å²) < 4.78 is 5.03. The Hall–Kier alpha value is -2.70. The number of rotatable bonds is 4. The second-order valence-corrected chi connectivity index (χ2v) is 5.55. The molecule has 0 aliphatic rings. The van der Waals surface area contributed by atoms with Crippen LogP contribution in [-0.2, 0) is 0 Å². The molecule has 0 bridgehead atoms. The molecule has 2 N–H and O–H groups in total. The topological polar surface area (TPSA) is 92.3 Å². The van der Waals surface area contributed by atoms with Gasteiger partial charge in [0.2, 0.25) is 5.78 Å². The van der Waals surface area contributed by atoms with Crippen LogP contribution in [-0.4, -0.2) is 28.0 Å². The van der Waals surface area contributed by atoms with Crippen molar-refractivity contribution in [2.45, 2.75) is 6.10 Å². The van der Waals surface area contributed by atoms with E-state index in [1.165, 1.54) is 7.11 Å². The quantitative estimate of drug-likeness (QED) is 0.709. The first-order chi connectivity index (χ1) is 11.5. The van der Waals surface area contributed by atoms with Gasteiger partial charge in [-0.25, -0.2) is 4.98 Å². The number of carbonyl (C=O) groups excluding carboxylic acids is 1. The minimum atomic E-state index is -1.49. The molecule has 7 heteroatoms. The Morgan fingerprint density at radius 2 is 1.96 bits per heavy atom. The molecule has 0 aliphatic carbocycles. The smallest absolute Gasteiger partial charge is 0.278 e. The van der Waals surface area contributed by atoms with E-state index in [-0.39, 0.29) is 5.69 Å². The lowest BCUT2D eigenvalue weighted by Gasteiger charge is -2.10. The number of Topliss-reactive ketones (excluding diaryl/α,β-unsaturated/α-hetero) is 1. The molecule has 1 heterocycles. The van der Waals surface area contributed by atoms with Crippen LogP contribution in [0.25, 0.3) is 11.0 Å². The maximum Gasteiger partial charge on any atom is 0.278 e. The summed E-state index contributed by atoms with van der Waals surface area (Å²) in [6.07, 6.45) is -1.49. The highest BCUT2D eigenvalue weighted by molar-refractivity contribution is 6.31. The standard InChI is InChI=1S/C17H13ClN2O4/c1-24-11-5-2-9(3-6-11)15(21)16(22)14-17(23)20-13-8-10(18)4-7-12(13)19-14/h2-8,15,21H,1H3,(H,20,23)/t15-/m0/s1. The lowest BCUT2D eigenvalue weighted by molar-refractivity contribution is 0.0740. The minimum absolute atomic E-state index is 0.346. The number of aromatic nitrogens is 2. The van der Waals surface area contributed by atoms with Gasteiger partial charge in [-0.2, -0.15) is 0 Å². The molecule has 0 aliphatic heterocycles. The fourth-order valence-corrected chi connectivity index (χ4v) is 2.46. The van der Waals surface area contributed by atoms with Crippen LogP contribution < -0.4 is 10.3 Å². The Kier molecular flexibility index (Phi) is 4.33. The Morgan fingerprint density at radius 3 is 2.62 bits per heavy atom. The summed E-state index contributed by atoms with van der Waals surface area (Å²) in [5.41, 5.74) is 0.140. The summed E-state index contributed by atoms with van der Waals surface area (Å²) >= 11 is 5.86. The van der Waals surface area contributed by atoms with Crippen molar-refractivity contribution in [3.63, 3.8) is 0 Å². The van der Waals surface area contributed by atoms with E-state index in [0.717, 1.165) is 0 Å². The van der Waals surface area contributed by atoms with Crippen molar-refractivity contribution < 1.29 is 14.6 Å². The molecule has 6 nitrogen and oxygen atoms in total. The highest BCUT2D eigenvalue weighted by Crippen LogP contribution is 2.21. The van der Waals surface area contributed by atoms with E-state index in [2.05, 4.69) is 9.97 Å². The summed E-state index contributed by atoms with van der Waals surface area (Å²) in [5.74, 6) is -0.185. The molecule has 24 heavy (non-hydrogen) atoms. The largest absolute Gasteiger partial charge is 0.497 e. The number of hydrogen-bond acceptors (Lipinski definition) is 5. The van der Waals surface area contributed by atoms with Gasteiger partial charge in [0.1, 0.15) is 11.9 Å². The van der Waals surface area contributed by atoms with Gasteiger partial charge < -0.3 is 14.8 Å². The molecule has 122 valence electrons. The molecule has 3 aromatic rings. The summed E-state index contributed by atoms with van der Waals surface area (Å²) in [6.45, 7) is 0. The molecule has 0 unspecified atom stereocenters. The Bertz CT molecular complexity index is 966. The fourth-order valence-electron chi connectivity index (χ4n) is 2.29. The number of ether oxygens (including phenoxy) is 1. The van der Waals surface area contributed by atoms with E-state index in [9.17, 15) is 14.7 Å². The van der Waals surface area contributed by atoms with E-state index in [1.54, 1.807) is 42.5 Å². The number of benzene rings is 2. The summed E-state index contributed by atoms with van der Waals surface area (Å²) in [6, 6.07) is 11.1. The molecule has 2 aromatic carbocycles. The third-order valence-corrected chi connectivity index (χ3v) is 3.80. The number of ketones is 1. The van der Waals surface area contributed by atoms with Crippen molar-refractivity contribution in [2.24, 2.45) is 0 Å². The van der Waals surface area contributed by atoms with Crippen LogP contribution in [0.2, 0.25) is 5.02 Å². The van der Waals surface area contributed by atoms with E-state index < -0.39 is 17.4 Å². The first-order valence-corrected chi connectivity index (χ1v) is 7.43. The number of methoxy groups -OCH3 is 1. The van der Waals surface area contributed by atoms with Gasteiger partial charge in [-0.1, -0.05) is 23.7 Å². The maximum absolute atomic E-state index is 12.4. The van der Waals surface area contributed by atoms with Gasteiger partial charge in [0, 0.05) is 5.02 Å². The monoisotopic (exact) mass is 344 g/mol. The molecular weight excluding hydrogens is 332 g/mol. The van der Waals surface area contributed by atoms with Gasteiger partial charge >= 0.3 is 0 Å². The third-order valence-electron chi connectivity index (χ3n) is 3.57. The first-order valence-electron chi connectivity index (χ1n) is 7.05.